The second-order valence-electron chi connectivity index (χ2n) is 6.76. The summed E-state index contributed by atoms with van der Waals surface area (Å²) < 4.78 is 10.6. The van der Waals surface area contributed by atoms with Crippen LogP contribution in [0.4, 0.5) is 5.69 Å². The molecule has 28 heavy (non-hydrogen) atoms. The third kappa shape index (κ3) is 4.99. The number of rotatable bonds is 7. The summed E-state index contributed by atoms with van der Waals surface area (Å²) in [5.41, 5.74) is 2.24. The van der Waals surface area contributed by atoms with E-state index in [0.29, 0.717) is 18.1 Å². The summed E-state index contributed by atoms with van der Waals surface area (Å²) in [7, 11) is 0. The number of anilines is 1. The van der Waals surface area contributed by atoms with Gasteiger partial charge in [-0.05, 0) is 50.0 Å². The van der Waals surface area contributed by atoms with Crippen LogP contribution in [-0.2, 0) is 16.3 Å². The van der Waals surface area contributed by atoms with Gasteiger partial charge in [0.2, 0.25) is 0 Å². The minimum Gasteiger partial charge on any atom is -0.492 e. The van der Waals surface area contributed by atoms with Gasteiger partial charge in [0.25, 0.3) is 0 Å². The molecule has 2 N–H and O–H groups in total. The van der Waals surface area contributed by atoms with E-state index in [-0.39, 0.29) is 6.61 Å². The van der Waals surface area contributed by atoms with Crippen molar-refractivity contribution in [1.82, 2.24) is 4.98 Å². The van der Waals surface area contributed by atoms with Gasteiger partial charge < -0.3 is 23.9 Å². The van der Waals surface area contributed by atoms with Crippen molar-refractivity contribution in [1.29, 1.82) is 5.26 Å². The minimum atomic E-state index is -3.57. The van der Waals surface area contributed by atoms with Gasteiger partial charge in [-0.3, -0.25) is 4.98 Å². The molecular weight excluding hydrogens is 397 g/mol. The Balaban J connectivity index is 1.78. The van der Waals surface area contributed by atoms with Crippen LogP contribution < -0.4 is 9.64 Å². The summed E-state index contributed by atoms with van der Waals surface area (Å²) in [6.07, 6.45) is 4.23. The third-order valence-corrected chi connectivity index (χ3v) is 5.80. The molecule has 0 aliphatic carbocycles. The molecule has 2 heterocycles. The average Bonchev–Trinajstić information content (AvgIpc) is 2.67. The van der Waals surface area contributed by atoms with E-state index in [1.54, 1.807) is 6.20 Å². The molecule has 0 atom stereocenters. The van der Waals surface area contributed by atoms with E-state index in [2.05, 4.69) is 27.8 Å². The van der Waals surface area contributed by atoms with Gasteiger partial charge in [0.1, 0.15) is 17.3 Å². The fraction of sp³-hybridized carbons (Fsp3) is 0.474. The molecule has 2 aromatic rings. The topological polar surface area (TPSA) is 98.8 Å². The van der Waals surface area contributed by atoms with Crippen molar-refractivity contribution in [3.8, 4) is 11.8 Å². The molecule has 1 aromatic heterocycles. The second-order valence-corrected chi connectivity index (χ2v) is 9.43. The highest BCUT2D eigenvalue weighted by Gasteiger charge is 2.24. The molecule has 1 aliphatic heterocycles. The molecule has 1 aromatic carbocycles. The van der Waals surface area contributed by atoms with Crippen molar-refractivity contribution < 1.29 is 19.0 Å². The largest absolute Gasteiger partial charge is 0.492 e. The number of nitrogens with zero attached hydrogens (tertiary/aromatic N) is 3. The van der Waals surface area contributed by atoms with Gasteiger partial charge in [0.15, 0.2) is 0 Å². The van der Waals surface area contributed by atoms with Gasteiger partial charge >= 0.3 is 6.72 Å². The molecule has 0 bridgehead atoms. The maximum Gasteiger partial charge on any atom is 0.321 e. The molecule has 9 heteroatoms. The van der Waals surface area contributed by atoms with Gasteiger partial charge in [0, 0.05) is 24.7 Å². The van der Waals surface area contributed by atoms with Gasteiger partial charge in [-0.15, -0.1) is 0 Å². The lowest BCUT2D eigenvalue weighted by molar-refractivity contribution is 0.221. The Morgan fingerprint density at radius 3 is 2.75 bits per heavy atom. The van der Waals surface area contributed by atoms with Crippen LogP contribution in [0.25, 0.3) is 10.9 Å². The summed E-state index contributed by atoms with van der Waals surface area (Å²) in [5, 5.41) is 10.5. The van der Waals surface area contributed by atoms with Crippen molar-refractivity contribution in [3.63, 3.8) is 0 Å². The van der Waals surface area contributed by atoms with Gasteiger partial charge in [0.05, 0.1) is 24.5 Å². The average molecular weight is 421 g/mol. The fourth-order valence-electron chi connectivity index (χ4n) is 3.66. The van der Waals surface area contributed by atoms with E-state index in [1.807, 2.05) is 25.1 Å². The highest BCUT2D eigenvalue weighted by molar-refractivity contribution is 8.06. The van der Waals surface area contributed by atoms with Gasteiger partial charge in [-0.1, -0.05) is 12.1 Å². The van der Waals surface area contributed by atoms with Crippen LogP contribution in [0.1, 0.15) is 31.7 Å². The van der Waals surface area contributed by atoms with Crippen molar-refractivity contribution in [3.05, 3.63) is 30.0 Å². The first kappa shape index (κ1) is 21.0. The smallest absolute Gasteiger partial charge is 0.321 e. The molecule has 1 aliphatic rings. The lowest BCUT2D eigenvalue weighted by Crippen LogP contribution is -2.34. The Hall–Kier alpha value is -1.75. The maximum absolute atomic E-state index is 9.61. The molecule has 3 rings (SSSR count). The Bertz CT molecular complexity index is 919. The lowest BCUT2D eigenvalue weighted by atomic mass is 9.93. The van der Waals surface area contributed by atoms with Crippen LogP contribution in [0, 0.1) is 17.2 Å². The van der Waals surface area contributed by atoms with E-state index >= 15 is 0 Å². The zero-order valence-electron chi connectivity index (χ0n) is 15.7. The van der Waals surface area contributed by atoms with Gasteiger partial charge in [-0.25, -0.2) is 0 Å². The predicted molar refractivity (Wildman–Crippen MR) is 112 cm³/mol. The monoisotopic (exact) mass is 421 g/mol. The number of hydrogen-bond acceptors (Lipinski definition) is 6. The lowest BCUT2D eigenvalue weighted by Gasteiger charge is -2.34. The zero-order valence-corrected chi connectivity index (χ0v) is 17.5. The quantitative estimate of drug-likeness (QED) is 0.657. The number of aromatic nitrogens is 1. The number of ether oxygens (including phenoxy) is 1. The summed E-state index contributed by atoms with van der Waals surface area (Å²) in [6.45, 7) is 0.791. The van der Waals surface area contributed by atoms with Crippen molar-refractivity contribution in [2.45, 2.75) is 26.2 Å². The fourth-order valence-corrected chi connectivity index (χ4v) is 4.23. The van der Waals surface area contributed by atoms with Crippen molar-refractivity contribution >= 4 is 35.1 Å². The molecule has 1 fully saturated rings. The summed E-state index contributed by atoms with van der Waals surface area (Å²) >= 11 is 4.48. The molecule has 7 nitrogen and oxygen atoms in total. The second kappa shape index (κ2) is 9.17. The maximum atomic E-state index is 9.61. The number of piperidine rings is 1. The third-order valence-electron chi connectivity index (χ3n) is 4.97. The number of pyridine rings is 1. The SMILES string of the molecule is CCOc1cccc2c(N3CCC(CCOP(O)(O)=S)CC3)c(C#N)cnc12. The van der Waals surface area contributed by atoms with Crippen LogP contribution in [0.2, 0.25) is 0 Å². The molecule has 1 saturated heterocycles. The van der Waals surface area contributed by atoms with Crippen LogP contribution >= 0.6 is 6.72 Å². The molecule has 0 unspecified atom stereocenters. The Morgan fingerprint density at radius 1 is 1.36 bits per heavy atom. The minimum absolute atomic E-state index is 0.258. The van der Waals surface area contributed by atoms with Crippen LogP contribution in [0.15, 0.2) is 24.4 Å². The first-order valence-corrected chi connectivity index (χ1v) is 11.9. The first-order valence-electron chi connectivity index (χ1n) is 9.32. The van der Waals surface area contributed by atoms with E-state index in [9.17, 15) is 5.26 Å². The number of nitriles is 1. The molecule has 0 radical (unpaired) electrons. The first-order chi connectivity index (χ1) is 13.4. The van der Waals surface area contributed by atoms with Crippen LogP contribution in [0.3, 0.4) is 0 Å². The van der Waals surface area contributed by atoms with Crippen molar-refractivity contribution in [2.75, 3.05) is 31.2 Å². The zero-order chi connectivity index (χ0) is 20.1. The normalized spacial score (nSPS) is 15.6. The molecule has 0 saturated carbocycles. The molecule has 150 valence electrons. The molecular formula is C19H24N3O4PS. The van der Waals surface area contributed by atoms with E-state index in [1.165, 1.54) is 0 Å². The highest BCUT2D eigenvalue weighted by atomic mass is 32.5. The van der Waals surface area contributed by atoms with Gasteiger partial charge in [-0.2, -0.15) is 5.26 Å². The highest BCUT2D eigenvalue weighted by Crippen LogP contribution is 2.38. The summed E-state index contributed by atoms with van der Waals surface area (Å²) in [4.78, 5) is 25.0. The predicted octanol–water partition coefficient (Wildman–Crippen LogP) is 3.34. The van der Waals surface area contributed by atoms with Crippen molar-refractivity contribution in [2.24, 2.45) is 5.92 Å². The number of fused-ring (bicyclic) bond motifs is 1. The number of hydrogen-bond donors (Lipinski definition) is 2. The van der Waals surface area contributed by atoms with E-state index in [0.717, 1.165) is 54.7 Å². The van der Waals surface area contributed by atoms with E-state index < -0.39 is 6.72 Å². The number of para-hydroxylation sites is 1. The van der Waals surface area contributed by atoms with Crippen LogP contribution in [0.5, 0.6) is 5.75 Å². The Labute approximate surface area is 169 Å². The molecule has 0 spiro atoms. The van der Waals surface area contributed by atoms with Crippen LogP contribution in [-0.4, -0.2) is 41.1 Å². The standard InChI is InChI=1S/C19H24N3O4PS/c1-2-25-17-5-3-4-16-18(17)21-13-15(12-20)19(16)22-9-6-14(7-10-22)8-11-26-27(23,24)28/h3-5,13-14H,2,6-11H2,1H3,(H2,23,24,28). The summed E-state index contributed by atoms with van der Waals surface area (Å²) in [5.74, 6) is 1.15. The Morgan fingerprint density at radius 2 is 2.11 bits per heavy atom. The number of benzene rings is 1. The summed E-state index contributed by atoms with van der Waals surface area (Å²) in [6, 6.07) is 8.07. The Kier molecular flexibility index (Phi) is 6.86. The molecule has 0 amide bonds. The van der Waals surface area contributed by atoms with E-state index in [4.69, 9.17) is 19.0 Å².